The number of thiazole rings is 1. The van der Waals surface area contributed by atoms with Crippen molar-refractivity contribution in [3.05, 3.63) is 29.6 Å². The second-order valence-corrected chi connectivity index (χ2v) is 6.78. The first-order chi connectivity index (χ1) is 9.00. The van der Waals surface area contributed by atoms with E-state index < -0.39 is 10.0 Å². The average Bonchev–Trinajstić information content (AvgIpc) is 2.77. The SMILES string of the molecule is CCCS(=O)(=O)Nc1nc(-c2ccc(N)cc2)cs1. The van der Waals surface area contributed by atoms with Crippen molar-refractivity contribution in [1.82, 2.24) is 4.98 Å². The second-order valence-electron chi connectivity index (χ2n) is 4.08. The topological polar surface area (TPSA) is 85.1 Å². The van der Waals surface area contributed by atoms with E-state index in [1.165, 1.54) is 11.3 Å². The summed E-state index contributed by atoms with van der Waals surface area (Å²) in [6.45, 7) is 1.82. The van der Waals surface area contributed by atoms with Crippen LogP contribution in [0.3, 0.4) is 0 Å². The zero-order valence-electron chi connectivity index (χ0n) is 10.5. The lowest BCUT2D eigenvalue weighted by Gasteiger charge is -2.02. The summed E-state index contributed by atoms with van der Waals surface area (Å²) in [5.41, 5.74) is 7.94. The fourth-order valence-electron chi connectivity index (χ4n) is 1.56. The van der Waals surface area contributed by atoms with Gasteiger partial charge < -0.3 is 5.73 Å². The van der Waals surface area contributed by atoms with Crippen LogP contribution in [0, 0.1) is 0 Å². The molecule has 3 N–H and O–H groups in total. The van der Waals surface area contributed by atoms with Crippen molar-refractivity contribution in [3.8, 4) is 11.3 Å². The third-order valence-electron chi connectivity index (χ3n) is 2.43. The summed E-state index contributed by atoms with van der Waals surface area (Å²) in [4.78, 5) is 4.27. The number of nitrogen functional groups attached to an aromatic ring is 1. The van der Waals surface area contributed by atoms with Crippen molar-refractivity contribution in [2.24, 2.45) is 0 Å². The Morgan fingerprint density at radius 2 is 2.00 bits per heavy atom. The molecule has 102 valence electrons. The Balaban J connectivity index is 2.18. The van der Waals surface area contributed by atoms with Gasteiger partial charge in [-0.25, -0.2) is 13.4 Å². The van der Waals surface area contributed by atoms with Crippen LogP contribution >= 0.6 is 11.3 Å². The number of aromatic nitrogens is 1. The van der Waals surface area contributed by atoms with E-state index in [1.807, 2.05) is 24.4 Å². The Kier molecular flexibility index (Phi) is 4.06. The average molecular weight is 297 g/mol. The predicted molar refractivity (Wildman–Crippen MR) is 79.7 cm³/mol. The summed E-state index contributed by atoms with van der Waals surface area (Å²) in [5.74, 6) is 0.101. The molecule has 0 aliphatic heterocycles. The molecule has 7 heteroatoms. The Morgan fingerprint density at radius 3 is 2.63 bits per heavy atom. The largest absolute Gasteiger partial charge is 0.399 e. The number of benzene rings is 1. The molecule has 0 saturated carbocycles. The molecule has 0 spiro atoms. The maximum absolute atomic E-state index is 11.6. The van der Waals surface area contributed by atoms with Gasteiger partial charge in [-0.2, -0.15) is 0 Å². The van der Waals surface area contributed by atoms with Crippen molar-refractivity contribution in [3.63, 3.8) is 0 Å². The van der Waals surface area contributed by atoms with Crippen molar-refractivity contribution < 1.29 is 8.42 Å². The molecule has 0 amide bonds. The molecule has 1 heterocycles. The van der Waals surface area contributed by atoms with Crippen LogP contribution in [0.1, 0.15) is 13.3 Å². The molecule has 0 fully saturated rings. The van der Waals surface area contributed by atoms with E-state index in [1.54, 1.807) is 12.1 Å². The van der Waals surface area contributed by atoms with Gasteiger partial charge >= 0.3 is 0 Å². The quantitative estimate of drug-likeness (QED) is 0.831. The number of nitrogens with zero attached hydrogens (tertiary/aromatic N) is 1. The van der Waals surface area contributed by atoms with Crippen molar-refractivity contribution in [2.45, 2.75) is 13.3 Å². The smallest absolute Gasteiger partial charge is 0.234 e. The van der Waals surface area contributed by atoms with Crippen molar-refractivity contribution in [2.75, 3.05) is 16.2 Å². The first-order valence-corrected chi connectivity index (χ1v) is 8.35. The fraction of sp³-hybridized carbons (Fsp3) is 0.250. The molecule has 0 atom stereocenters. The summed E-state index contributed by atoms with van der Waals surface area (Å²) in [6.07, 6.45) is 0.575. The summed E-state index contributed by atoms with van der Waals surface area (Å²) in [6, 6.07) is 7.29. The van der Waals surface area contributed by atoms with Gasteiger partial charge in [-0.1, -0.05) is 19.1 Å². The van der Waals surface area contributed by atoms with Crippen LogP contribution in [-0.4, -0.2) is 19.2 Å². The summed E-state index contributed by atoms with van der Waals surface area (Å²) < 4.78 is 25.7. The Hall–Kier alpha value is -1.60. The maximum Gasteiger partial charge on any atom is 0.234 e. The van der Waals surface area contributed by atoms with Gasteiger partial charge in [0.15, 0.2) is 5.13 Å². The highest BCUT2D eigenvalue weighted by Crippen LogP contribution is 2.26. The molecule has 0 unspecified atom stereocenters. The number of hydrogen-bond donors (Lipinski definition) is 2. The van der Waals surface area contributed by atoms with E-state index in [0.29, 0.717) is 17.2 Å². The van der Waals surface area contributed by atoms with Crippen LogP contribution in [0.15, 0.2) is 29.6 Å². The number of rotatable bonds is 5. The zero-order chi connectivity index (χ0) is 13.9. The van der Waals surface area contributed by atoms with Crippen LogP contribution in [0.25, 0.3) is 11.3 Å². The number of hydrogen-bond acceptors (Lipinski definition) is 5. The van der Waals surface area contributed by atoms with Crippen LogP contribution in [0.4, 0.5) is 10.8 Å². The molecule has 1 aromatic heterocycles. The van der Waals surface area contributed by atoms with E-state index in [2.05, 4.69) is 9.71 Å². The lowest BCUT2D eigenvalue weighted by Crippen LogP contribution is -2.15. The van der Waals surface area contributed by atoms with Gasteiger partial charge in [0.1, 0.15) is 0 Å². The lowest BCUT2D eigenvalue weighted by atomic mass is 10.2. The fourth-order valence-corrected chi connectivity index (χ4v) is 3.65. The molecule has 19 heavy (non-hydrogen) atoms. The first-order valence-electron chi connectivity index (χ1n) is 5.82. The van der Waals surface area contributed by atoms with E-state index in [-0.39, 0.29) is 5.75 Å². The molecule has 0 bridgehead atoms. The Bertz CT molecular complexity index is 648. The van der Waals surface area contributed by atoms with E-state index in [9.17, 15) is 8.42 Å². The van der Waals surface area contributed by atoms with Gasteiger partial charge in [0.25, 0.3) is 0 Å². The van der Waals surface area contributed by atoms with E-state index in [4.69, 9.17) is 5.73 Å². The van der Waals surface area contributed by atoms with Crippen molar-refractivity contribution in [1.29, 1.82) is 0 Å². The molecule has 0 radical (unpaired) electrons. The molecular weight excluding hydrogens is 282 g/mol. The highest BCUT2D eigenvalue weighted by Gasteiger charge is 2.12. The normalized spacial score (nSPS) is 11.4. The van der Waals surface area contributed by atoms with Gasteiger partial charge in [0.05, 0.1) is 11.4 Å². The minimum Gasteiger partial charge on any atom is -0.399 e. The highest BCUT2D eigenvalue weighted by molar-refractivity contribution is 7.92. The number of sulfonamides is 1. The second kappa shape index (κ2) is 5.58. The molecule has 0 aliphatic carbocycles. The van der Waals surface area contributed by atoms with Gasteiger partial charge in [-0.15, -0.1) is 11.3 Å². The van der Waals surface area contributed by atoms with Gasteiger partial charge in [0, 0.05) is 16.6 Å². The summed E-state index contributed by atoms with van der Waals surface area (Å²) >= 11 is 1.27. The molecule has 2 aromatic rings. The van der Waals surface area contributed by atoms with Crippen LogP contribution in [0.2, 0.25) is 0 Å². The van der Waals surface area contributed by atoms with Gasteiger partial charge in [-0.3, -0.25) is 4.72 Å². The Labute approximate surface area is 116 Å². The number of nitrogens with one attached hydrogen (secondary N) is 1. The number of anilines is 2. The standard InChI is InChI=1S/C12H15N3O2S2/c1-2-7-19(16,17)15-12-14-11(8-18-12)9-3-5-10(13)6-4-9/h3-6,8H,2,7,13H2,1H3,(H,14,15). The monoisotopic (exact) mass is 297 g/mol. The first kappa shape index (κ1) is 13.8. The molecule has 5 nitrogen and oxygen atoms in total. The third kappa shape index (κ3) is 3.68. The molecule has 0 aliphatic rings. The van der Waals surface area contributed by atoms with E-state index in [0.717, 1.165) is 11.3 Å². The minimum atomic E-state index is -3.28. The lowest BCUT2D eigenvalue weighted by molar-refractivity contribution is 0.600. The van der Waals surface area contributed by atoms with Crippen LogP contribution in [-0.2, 0) is 10.0 Å². The zero-order valence-corrected chi connectivity index (χ0v) is 12.1. The van der Waals surface area contributed by atoms with Crippen LogP contribution < -0.4 is 10.5 Å². The summed E-state index contributed by atoms with van der Waals surface area (Å²) in [5, 5.41) is 2.20. The Morgan fingerprint density at radius 1 is 1.32 bits per heavy atom. The summed E-state index contributed by atoms with van der Waals surface area (Å²) in [7, 11) is -3.28. The van der Waals surface area contributed by atoms with E-state index >= 15 is 0 Å². The maximum atomic E-state index is 11.6. The molecular formula is C12H15N3O2S2. The minimum absolute atomic E-state index is 0.101. The molecule has 2 rings (SSSR count). The van der Waals surface area contributed by atoms with Gasteiger partial charge in [-0.05, 0) is 18.6 Å². The highest BCUT2D eigenvalue weighted by atomic mass is 32.2. The molecule has 1 aromatic carbocycles. The number of nitrogens with two attached hydrogens (primary N) is 1. The van der Waals surface area contributed by atoms with Gasteiger partial charge in [0.2, 0.25) is 10.0 Å². The van der Waals surface area contributed by atoms with Crippen LogP contribution in [0.5, 0.6) is 0 Å². The predicted octanol–water partition coefficient (Wildman–Crippen LogP) is 2.54. The molecule has 0 saturated heterocycles. The third-order valence-corrected chi connectivity index (χ3v) is 4.76. The van der Waals surface area contributed by atoms with Crippen molar-refractivity contribution >= 4 is 32.2 Å².